The Balaban J connectivity index is 1.71. The predicted octanol–water partition coefficient (Wildman–Crippen LogP) is 5.99. The molecule has 0 spiro atoms. The van der Waals surface area contributed by atoms with Crippen LogP contribution in [0.2, 0.25) is 0 Å². The van der Waals surface area contributed by atoms with Gasteiger partial charge >= 0.3 is 0 Å². The monoisotopic (exact) mass is 468 g/mol. The lowest BCUT2D eigenvalue weighted by atomic mass is 9.96. The summed E-state index contributed by atoms with van der Waals surface area (Å²) in [6.07, 6.45) is 1.80. The van der Waals surface area contributed by atoms with E-state index in [9.17, 15) is 5.11 Å². The lowest BCUT2D eigenvalue weighted by Gasteiger charge is -2.28. The van der Waals surface area contributed by atoms with Crippen molar-refractivity contribution in [2.24, 2.45) is 0 Å². The van der Waals surface area contributed by atoms with Crippen molar-refractivity contribution < 1.29 is 5.11 Å². The summed E-state index contributed by atoms with van der Waals surface area (Å²) in [5, 5.41) is 14.8. The molecule has 6 heteroatoms. The molecule has 1 saturated heterocycles. The second-order valence-corrected chi connectivity index (χ2v) is 9.38. The number of aromatic nitrogens is 2. The smallest absolute Gasteiger partial charge is 0.174 e. The number of phenolic OH excluding ortho intramolecular Hbond substituents is 1. The van der Waals surface area contributed by atoms with Gasteiger partial charge in [-0.2, -0.15) is 0 Å². The van der Waals surface area contributed by atoms with E-state index in [-0.39, 0.29) is 17.8 Å². The summed E-state index contributed by atoms with van der Waals surface area (Å²) in [6, 6.07) is 21.8. The van der Waals surface area contributed by atoms with E-state index in [2.05, 4.69) is 66.8 Å². The number of benzene rings is 2. The summed E-state index contributed by atoms with van der Waals surface area (Å²) in [7, 11) is 0. The normalized spacial score (nSPS) is 17.8. The van der Waals surface area contributed by atoms with Crippen LogP contribution in [0.15, 0.2) is 72.9 Å². The molecule has 0 unspecified atom stereocenters. The first-order valence-electron chi connectivity index (χ1n) is 11.4. The lowest BCUT2D eigenvalue weighted by molar-refractivity contribution is 0.472. The molecular weight excluding hydrogens is 440 g/mol. The van der Waals surface area contributed by atoms with E-state index in [0.29, 0.717) is 10.8 Å². The Labute approximate surface area is 205 Å². The van der Waals surface area contributed by atoms with Crippen LogP contribution in [0.4, 0.5) is 5.69 Å². The molecule has 0 amide bonds. The van der Waals surface area contributed by atoms with Gasteiger partial charge in [0.25, 0.3) is 0 Å². The maximum Gasteiger partial charge on any atom is 0.174 e. The highest BCUT2D eigenvalue weighted by Gasteiger charge is 2.43. The van der Waals surface area contributed by atoms with Crippen LogP contribution in [0, 0.1) is 27.7 Å². The van der Waals surface area contributed by atoms with Gasteiger partial charge in [-0.05, 0) is 99.1 Å². The lowest BCUT2D eigenvalue weighted by Crippen LogP contribution is -2.29. The third-order valence-electron chi connectivity index (χ3n) is 6.49. The van der Waals surface area contributed by atoms with Crippen molar-refractivity contribution in [3.05, 3.63) is 107 Å². The van der Waals surface area contributed by atoms with E-state index in [4.69, 9.17) is 12.2 Å². The van der Waals surface area contributed by atoms with Crippen LogP contribution in [-0.2, 0) is 0 Å². The number of hydrogen-bond donors (Lipinski definition) is 2. The average molecular weight is 469 g/mol. The molecule has 0 bridgehead atoms. The summed E-state index contributed by atoms with van der Waals surface area (Å²) < 4.78 is 2.30. The van der Waals surface area contributed by atoms with Crippen LogP contribution in [0.1, 0.15) is 45.9 Å². The standard InChI is InChI=1S/C28H28N4OS/c1-17-13-18(2)15-21(14-17)31-19(3)16-22(20(31)4)27-26(23-9-7-8-12-29-23)30-28(34)32(27)24-10-5-6-11-25(24)33/h5-16,26-27,33H,1-4H3,(H,30,34)/t26-,27+/m1/s1. The van der Waals surface area contributed by atoms with Crippen LogP contribution >= 0.6 is 12.2 Å². The number of para-hydroxylation sites is 2. The molecule has 172 valence electrons. The van der Waals surface area contributed by atoms with Gasteiger partial charge < -0.3 is 19.9 Å². The largest absolute Gasteiger partial charge is 0.506 e. The molecule has 0 radical (unpaired) electrons. The van der Waals surface area contributed by atoms with Gasteiger partial charge in [0.2, 0.25) is 0 Å². The van der Waals surface area contributed by atoms with Gasteiger partial charge in [-0.3, -0.25) is 4.98 Å². The SMILES string of the molecule is Cc1cc(C)cc(-n2c(C)cc([C@H]3[C@@H](c4ccccn4)NC(=S)N3c3ccccc3O)c2C)c1. The average Bonchev–Trinajstić information content (AvgIpc) is 3.29. The molecule has 2 aromatic heterocycles. The molecular formula is C28H28N4OS. The molecule has 2 N–H and O–H groups in total. The van der Waals surface area contributed by atoms with Crippen molar-refractivity contribution in [2.45, 2.75) is 39.8 Å². The molecule has 5 nitrogen and oxygen atoms in total. The van der Waals surface area contributed by atoms with E-state index >= 15 is 0 Å². The fourth-order valence-electron chi connectivity index (χ4n) is 5.16. The minimum absolute atomic E-state index is 0.165. The number of aryl methyl sites for hydroxylation is 3. The predicted molar refractivity (Wildman–Crippen MR) is 141 cm³/mol. The summed E-state index contributed by atoms with van der Waals surface area (Å²) in [6.45, 7) is 8.54. The van der Waals surface area contributed by atoms with Crippen molar-refractivity contribution in [1.82, 2.24) is 14.9 Å². The van der Waals surface area contributed by atoms with Gasteiger partial charge in [-0.15, -0.1) is 0 Å². The van der Waals surface area contributed by atoms with Crippen LogP contribution < -0.4 is 10.2 Å². The number of hydrogen-bond acceptors (Lipinski definition) is 3. The van der Waals surface area contributed by atoms with Gasteiger partial charge in [-0.25, -0.2) is 0 Å². The highest BCUT2D eigenvalue weighted by molar-refractivity contribution is 7.80. The Hall–Kier alpha value is -3.64. The Kier molecular flexibility index (Phi) is 5.62. The minimum Gasteiger partial charge on any atom is -0.506 e. The number of pyridine rings is 1. The van der Waals surface area contributed by atoms with Crippen molar-refractivity contribution in [3.8, 4) is 11.4 Å². The first kappa shape index (κ1) is 22.2. The second-order valence-electron chi connectivity index (χ2n) is 8.99. The number of nitrogens with zero attached hydrogens (tertiary/aromatic N) is 3. The Morgan fingerprint density at radius 3 is 2.29 bits per heavy atom. The number of nitrogens with one attached hydrogen (secondary N) is 1. The van der Waals surface area contributed by atoms with Crippen LogP contribution in [0.3, 0.4) is 0 Å². The first-order valence-corrected chi connectivity index (χ1v) is 11.8. The zero-order valence-corrected chi connectivity index (χ0v) is 20.6. The van der Waals surface area contributed by atoms with E-state index in [1.807, 2.05) is 41.3 Å². The van der Waals surface area contributed by atoms with Gasteiger partial charge in [0.15, 0.2) is 5.11 Å². The first-order chi connectivity index (χ1) is 16.3. The topological polar surface area (TPSA) is 53.3 Å². The van der Waals surface area contributed by atoms with Gasteiger partial charge in [0.1, 0.15) is 5.75 Å². The molecule has 5 rings (SSSR count). The van der Waals surface area contributed by atoms with Gasteiger partial charge in [0.05, 0.1) is 23.5 Å². The summed E-state index contributed by atoms with van der Waals surface area (Å²) in [5.74, 6) is 0.196. The summed E-state index contributed by atoms with van der Waals surface area (Å²) in [5.41, 5.74) is 8.62. The minimum atomic E-state index is -0.179. The molecule has 1 fully saturated rings. The van der Waals surface area contributed by atoms with Crippen LogP contribution in [-0.4, -0.2) is 19.8 Å². The van der Waals surface area contributed by atoms with E-state index in [0.717, 1.165) is 28.3 Å². The third-order valence-corrected chi connectivity index (χ3v) is 6.81. The maximum atomic E-state index is 10.7. The third kappa shape index (κ3) is 3.74. The highest BCUT2D eigenvalue weighted by atomic mass is 32.1. The van der Waals surface area contributed by atoms with E-state index < -0.39 is 0 Å². The number of rotatable bonds is 4. The van der Waals surface area contributed by atoms with E-state index in [1.165, 1.54) is 11.1 Å². The second kappa shape index (κ2) is 8.61. The number of aromatic hydroxyl groups is 1. The Morgan fingerprint density at radius 1 is 0.912 bits per heavy atom. The van der Waals surface area contributed by atoms with Crippen molar-refractivity contribution in [2.75, 3.05) is 4.90 Å². The van der Waals surface area contributed by atoms with Gasteiger partial charge in [0, 0.05) is 23.3 Å². The molecule has 0 aliphatic carbocycles. The fraction of sp³-hybridized carbons (Fsp3) is 0.214. The zero-order chi connectivity index (χ0) is 24.0. The van der Waals surface area contributed by atoms with Crippen molar-refractivity contribution in [3.63, 3.8) is 0 Å². The zero-order valence-electron chi connectivity index (χ0n) is 19.8. The summed E-state index contributed by atoms with van der Waals surface area (Å²) in [4.78, 5) is 6.67. The van der Waals surface area contributed by atoms with E-state index in [1.54, 1.807) is 12.3 Å². The number of thiocarbonyl (C=S) groups is 1. The fourth-order valence-corrected chi connectivity index (χ4v) is 5.50. The van der Waals surface area contributed by atoms with Crippen LogP contribution in [0.5, 0.6) is 5.75 Å². The molecule has 34 heavy (non-hydrogen) atoms. The van der Waals surface area contributed by atoms with Gasteiger partial charge in [-0.1, -0.05) is 24.3 Å². The molecule has 2 aromatic carbocycles. The number of anilines is 1. The quantitative estimate of drug-likeness (QED) is 0.361. The number of phenols is 1. The molecule has 4 aromatic rings. The molecule has 1 aliphatic rings. The molecule has 0 saturated carbocycles. The highest BCUT2D eigenvalue weighted by Crippen LogP contribution is 2.45. The molecule has 2 atom stereocenters. The Morgan fingerprint density at radius 2 is 1.62 bits per heavy atom. The Bertz CT molecular complexity index is 1360. The molecule has 3 heterocycles. The summed E-state index contributed by atoms with van der Waals surface area (Å²) >= 11 is 5.82. The molecule has 1 aliphatic heterocycles. The van der Waals surface area contributed by atoms with Crippen molar-refractivity contribution >= 4 is 23.0 Å². The van der Waals surface area contributed by atoms with Crippen molar-refractivity contribution in [1.29, 1.82) is 0 Å². The maximum absolute atomic E-state index is 10.7. The van der Waals surface area contributed by atoms with Crippen LogP contribution in [0.25, 0.3) is 5.69 Å².